The summed E-state index contributed by atoms with van der Waals surface area (Å²) in [5.74, 6) is 0.457. The zero-order valence-corrected chi connectivity index (χ0v) is 23.5. The third kappa shape index (κ3) is 5.25. The Labute approximate surface area is 249 Å². The molecule has 3 aromatic carbocycles. The molecule has 7 atom stereocenters. The Bertz CT molecular complexity index is 1750. The first kappa shape index (κ1) is 29.5. The van der Waals surface area contributed by atoms with E-state index in [1.807, 2.05) is 0 Å². The Morgan fingerprint density at radius 3 is 2.41 bits per heavy atom. The van der Waals surface area contributed by atoms with Gasteiger partial charge >= 0.3 is 0 Å². The number of ether oxygens (including phenoxy) is 5. The van der Waals surface area contributed by atoms with Gasteiger partial charge in [0.25, 0.3) is 0 Å². The molecule has 13 heteroatoms. The molecule has 6 rings (SSSR count). The zero-order valence-electron chi connectivity index (χ0n) is 23.5. The molecule has 0 saturated carbocycles. The van der Waals surface area contributed by atoms with Gasteiger partial charge in [-0.2, -0.15) is 0 Å². The van der Waals surface area contributed by atoms with Crippen molar-refractivity contribution in [1.82, 2.24) is 0 Å². The summed E-state index contributed by atoms with van der Waals surface area (Å²) < 4.78 is 34.6. The number of phenols is 2. The first-order valence-corrected chi connectivity index (χ1v) is 13.7. The minimum Gasteiger partial charge on any atom is -0.508 e. The van der Waals surface area contributed by atoms with E-state index in [4.69, 9.17) is 28.1 Å². The fraction of sp³-hybridized carbons (Fsp3) is 0.323. The van der Waals surface area contributed by atoms with Gasteiger partial charge in [-0.05, 0) is 37.3 Å². The molecule has 1 aromatic heterocycles. The molecule has 232 valence electrons. The molecule has 2 unspecified atom stereocenters. The van der Waals surface area contributed by atoms with Gasteiger partial charge in [-0.15, -0.1) is 0 Å². The second-order valence-electron chi connectivity index (χ2n) is 10.6. The van der Waals surface area contributed by atoms with Gasteiger partial charge in [-0.1, -0.05) is 6.07 Å². The van der Waals surface area contributed by atoms with Gasteiger partial charge in [-0.3, -0.25) is 4.79 Å². The summed E-state index contributed by atoms with van der Waals surface area (Å²) in [6, 6.07) is 13.1. The summed E-state index contributed by atoms with van der Waals surface area (Å²) >= 11 is 0. The second-order valence-corrected chi connectivity index (χ2v) is 10.6. The van der Waals surface area contributed by atoms with Gasteiger partial charge in [0.05, 0.1) is 19.8 Å². The van der Waals surface area contributed by atoms with Gasteiger partial charge < -0.3 is 58.7 Å². The molecule has 13 nitrogen and oxygen atoms in total. The lowest BCUT2D eigenvalue weighted by Gasteiger charge is -2.38. The van der Waals surface area contributed by atoms with E-state index in [0.717, 1.165) is 6.07 Å². The maximum absolute atomic E-state index is 13.4. The van der Waals surface area contributed by atoms with E-state index in [1.54, 1.807) is 30.3 Å². The largest absolute Gasteiger partial charge is 0.508 e. The number of rotatable bonds is 6. The van der Waals surface area contributed by atoms with Crippen molar-refractivity contribution in [3.63, 3.8) is 0 Å². The number of hydrogen-bond donors (Lipinski definition) is 6. The van der Waals surface area contributed by atoms with Gasteiger partial charge in [-0.25, -0.2) is 0 Å². The molecular formula is C31H30O13. The lowest BCUT2D eigenvalue weighted by molar-refractivity contribution is -0.267. The highest BCUT2D eigenvalue weighted by Crippen LogP contribution is 2.43. The van der Waals surface area contributed by atoms with Crippen molar-refractivity contribution in [3.8, 4) is 45.8 Å². The molecule has 3 heterocycles. The van der Waals surface area contributed by atoms with E-state index >= 15 is 0 Å². The fourth-order valence-electron chi connectivity index (χ4n) is 5.28. The summed E-state index contributed by atoms with van der Waals surface area (Å²) in [5, 5.41) is 60.8. The first-order valence-electron chi connectivity index (χ1n) is 13.7. The number of methoxy groups -OCH3 is 1. The molecule has 0 radical (unpaired) electrons. The van der Waals surface area contributed by atoms with Crippen LogP contribution >= 0.6 is 0 Å². The minimum absolute atomic E-state index is 0.0364. The van der Waals surface area contributed by atoms with Crippen molar-refractivity contribution in [2.24, 2.45) is 0 Å². The third-order valence-corrected chi connectivity index (χ3v) is 7.64. The SMILES string of the molecule is COc1cc([C@H]2Oc3cc(-c4cc(=O)c5c(O[C@@H]6OC(C)[C@H](O)C(O)[C@@H]6O)cc(O)cc5o4)ccc3O[C@@H]2CO)ccc1O. The van der Waals surface area contributed by atoms with Crippen LogP contribution in [0.15, 0.2) is 63.8 Å². The molecule has 0 spiro atoms. The Balaban J connectivity index is 1.34. The topological polar surface area (TPSA) is 198 Å². The number of aliphatic hydroxyl groups excluding tert-OH is 4. The molecule has 0 amide bonds. The fourth-order valence-corrected chi connectivity index (χ4v) is 5.28. The number of hydrogen-bond acceptors (Lipinski definition) is 13. The predicted molar refractivity (Wildman–Crippen MR) is 152 cm³/mol. The van der Waals surface area contributed by atoms with Crippen molar-refractivity contribution in [1.29, 1.82) is 0 Å². The molecule has 2 aliphatic rings. The monoisotopic (exact) mass is 610 g/mol. The highest BCUT2D eigenvalue weighted by molar-refractivity contribution is 5.86. The summed E-state index contributed by atoms with van der Waals surface area (Å²) in [5.41, 5.74) is 0.433. The van der Waals surface area contributed by atoms with Crippen molar-refractivity contribution in [3.05, 3.63) is 70.4 Å². The highest BCUT2D eigenvalue weighted by Gasteiger charge is 2.43. The molecule has 1 fully saturated rings. The summed E-state index contributed by atoms with van der Waals surface area (Å²) in [6.45, 7) is 1.13. The number of phenolic OH excluding ortho intramolecular Hbond substituents is 2. The van der Waals surface area contributed by atoms with E-state index in [9.17, 15) is 35.4 Å². The van der Waals surface area contributed by atoms with E-state index < -0.39 is 48.3 Å². The second kappa shape index (κ2) is 11.5. The first-order chi connectivity index (χ1) is 21.1. The molecule has 2 aliphatic heterocycles. The van der Waals surface area contributed by atoms with Crippen LogP contribution in [-0.2, 0) is 4.74 Å². The highest BCUT2D eigenvalue weighted by atomic mass is 16.7. The lowest BCUT2D eigenvalue weighted by atomic mass is 10.00. The van der Waals surface area contributed by atoms with Crippen LogP contribution in [0.1, 0.15) is 18.6 Å². The molecule has 0 aliphatic carbocycles. The summed E-state index contributed by atoms with van der Waals surface area (Å²) in [4.78, 5) is 13.4. The van der Waals surface area contributed by atoms with E-state index in [0.29, 0.717) is 22.6 Å². The van der Waals surface area contributed by atoms with E-state index in [-0.39, 0.29) is 46.3 Å². The maximum Gasteiger partial charge on any atom is 0.229 e. The number of aromatic hydroxyl groups is 2. The van der Waals surface area contributed by atoms with Gasteiger partial charge in [0.15, 0.2) is 40.6 Å². The van der Waals surface area contributed by atoms with Crippen LogP contribution in [0.3, 0.4) is 0 Å². The molecule has 1 saturated heterocycles. The van der Waals surface area contributed by atoms with Gasteiger partial charge in [0.2, 0.25) is 6.29 Å². The van der Waals surface area contributed by atoms with Crippen LogP contribution in [0.2, 0.25) is 0 Å². The Hall–Kier alpha value is -4.53. The number of aliphatic hydroxyl groups is 4. The van der Waals surface area contributed by atoms with E-state index in [2.05, 4.69) is 0 Å². The third-order valence-electron chi connectivity index (χ3n) is 7.64. The van der Waals surface area contributed by atoms with Crippen LogP contribution in [0.5, 0.6) is 34.5 Å². The van der Waals surface area contributed by atoms with Gasteiger partial charge in [0, 0.05) is 29.3 Å². The van der Waals surface area contributed by atoms with Crippen LogP contribution < -0.4 is 24.4 Å². The average molecular weight is 611 g/mol. The van der Waals surface area contributed by atoms with E-state index in [1.165, 1.54) is 32.2 Å². The normalized spacial score (nSPS) is 26.4. The van der Waals surface area contributed by atoms with Crippen LogP contribution in [0.25, 0.3) is 22.3 Å². The minimum atomic E-state index is -1.64. The maximum atomic E-state index is 13.4. The van der Waals surface area contributed by atoms with Crippen molar-refractivity contribution in [2.45, 2.75) is 49.8 Å². The Morgan fingerprint density at radius 1 is 0.864 bits per heavy atom. The van der Waals surface area contributed by atoms with Crippen molar-refractivity contribution >= 4 is 11.0 Å². The molecule has 6 N–H and O–H groups in total. The molecule has 44 heavy (non-hydrogen) atoms. The zero-order chi connectivity index (χ0) is 31.3. The predicted octanol–water partition coefficient (Wildman–Crippen LogP) is 1.96. The van der Waals surface area contributed by atoms with Crippen molar-refractivity contribution < 1.29 is 58.7 Å². The number of benzene rings is 3. The average Bonchev–Trinajstić information content (AvgIpc) is 3.01. The van der Waals surface area contributed by atoms with Crippen LogP contribution in [0, 0.1) is 0 Å². The summed E-state index contributed by atoms with van der Waals surface area (Å²) in [6.07, 6.45) is -8.41. The Kier molecular flexibility index (Phi) is 7.73. The summed E-state index contributed by atoms with van der Waals surface area (Å²) in [7, 11) is 1.41. The van der Waals surface area contributed by atoms with Crippen molar-refractivity contribution in [2.75, 3.05) is 13.7 Å². The Morgan fingerprint density at radius 2 is 1.66 bits per heavy atom. The lowest BCUT2D eigenvalue weighted by Crippen LogP contribution is -2.58. The smallest absolute Gasteiger partial charge is 0.229 e. The van der Waals surface area contributed by atoms with Gasteiger partial charge in [0.1, 0.15) is 46.5 Å². The molecule has 0 bridgehead atoms. The quantitative estimate of drug-likeness (QED) is 0.185. The van der Waals surface area contributed by atoms with Crippen LogP contribution in [-0.4, -0.2) is 81.2 Å². The number of fused-ring (bicyclic) bond motifs is 2. The molecule has 4 aromatic rings. The standard InChI is InChI=1S/C31H30O13/c1-13-27(36)28(37)29(38)31(40-13)44-24-10-16(33)9-23-26(24)18(35)11-20(42-23)14-4-6-19-22(7-14)43-30(25(12-32)41-19)15-3-5-17(34)21(8-15)39-2/h3-11,13,25,27-34,36-38H,12H2,1-2H3/t13?,25-,27+,28?,29+,30-,31+/m1/s1. The molecular weight excluding hydrogens is 580 g/mol. The van der Waals surface area contributed by atoms with Crippen LogP contribution in [0.4, 0.5) is 0 Å².